The van der Waals surface area contributed by atoms with E-state index in [0.29, 0.717) is 61.9 Å². The summed E-state index contributed by atoms with van der Waals surface area (Å²) in [5.41, 5.74) is 6.77. The molecule has 8 aromatic rings. The van der Waals surface area contributed by atoms with Crippen molar-refractivity contribution in [2.45, 2.75) is 128 Å². The molecule has 0 bridgehead atoms. The van der Waals surface area contributed by atoms with Gasteiger partial charge < -0.3 is 47.7 Å². The lowest BCUT2D eigenvalue weighted by Gasteiger charge is -2.50. The van der Waals surface area contributed by atoms with Crippen LogP contribution in [0.5, 0.6) is 11.5 Å². The number of aliphatic hydroxyl groups is 1. The van der Waals surface area contributed by atoms with E-state index in [1.807, 2.05) is 203 Å². The molecule has 456 valence electrons. The molecule has 0 unspecified atom stereocenters. The molecular weight excluding hydrogens is 1100 g/mol. The Labute approximate surface area is 513 Å². The topological polar surface area (TPSA) is 137 Å². The number of carbonyl (C=O) groups excluding carboxylic acids is 2. The Morgan fingerprint density at radius 2 is 0.747 bits per heavy atom. The predicted octanol–water partition coefficient (Wildman–Crippen LogP) is 14.7. The molecule has 0 radical (unpaired) electrons. The van der Waals surface area contributed by atoms with Gasteiger partial charge in [-0.2, -0.15) is 0 Å². The second kappa shape index (κ2) is 32.9. The summed E-state index contributed by atoms with van der Waals surface area (Å²) in [5.74, 6) is -3.77. The number of alkyl halides is 1. The molecule has 0 spiro atoms. The summed E-state index contributed by atoms with van der Waals surface area (Å²) < 4.78 is 72.3. The number of ether oxygens (including phenoxy) is 9. The summed E-state index contributed by atoms with van der Waals surface area (Å²) in [6.45, 7) is 10.1. The normalized spacial score (nSPS) is 23.3. The molecular formula is C74H81FO12. The van der Waals surface area contributed by atoms with Crippen LogP contribution in [0.2, 0.25) is 0 Å². The Kier molecular flexibility index (Phi) is 24.1. The highest BCUT2D eigenvalue weighted by atomic mass is 19.1. The van der Waals surface area contributed by atoms with Crippen LogP contribution < -0.4 is 9.47 Å². The number of rotatable bonds is 25. The van der Waals surface area contributed by atoms with Gasteiger partial charge in [-0.15, -0.1) is 0 Å². The second-order valence-electron chi connectivity index (χ2n) is 21.6. The van der Waals surface area contributed by atoms with E-state index in [-0.39, 0.29) is 36.9 Å². The lowest BCUT2D eigenvalue weighted by atomic mass is 9.82. The summed E-state index contributed by atoms with van der Waals surface area (Å²) in [7, 11) is 0.505. The predicted molar refractivity (Wildman–Crippen MR) is 334 cm³/mol. The van der Waals surface area contributed by atoms with E-state index in [1.54, 1.807) is 48.5 Å². The van der Waals surface area contributed by atoms with E-state index in [9.17, 15) is 19.1 Å². The Balaban J connectivity index is 0.000000218. The van der Waals surface area contributed by atoms with E-state index < -0.39 is 55.0 Å². The van der Waals surface area contributed by atoms with Gasteiger partial charge in [-0.25, -0.2) is 0 Å². The van der Waals surface area contributed by atoms with Crippen LogP contribution in [0.15, 0.2) is 231 Å². The number of carbonyl (C=O) groups is 2. The maximum Gasteiger partial charge on any atom is 0.263 e. The van der Waals surface area contributed by atoms with Crippen LogP contribution in [0.3, 0.4) is 0 Å². The molecule has 12 nitrogen and oxygen atoms in total. The zero-order valence-corrected chi connectivity index (χ0v) is 50.2. The van der Waals surface area contributed by atoms with Crippen molar-refractivity contribution in [3.8, 4) is 11.5 Å². The monoisotopic (exact) mass is 1180 g/mol. The summed E-state index contributed by atoms with van der Waals surface area (Å²) in [6.07, 6.45) is -2.39. The molecule has 2 aliphatic heterocycles. The third-order valence-corrected chi connectivity index (χ3v) is 15.8. The minimum Gasteiger partial charge on any atom is -0.489 e. The smallest absolute Gasteiger partial charge is 0.263 e. The first-order valence-corrected chi connectivity index (χ1v) is 29.7. The zero-order chi connectivity index (χ0) is 62.1. The Hall–Kier alpha value is -7.69. The van der Waals surface area contributed by atoms with E-state index >= 15 is 0 Å². The Bertz CT molecular complexity index is 3280. The average molecular weight is 1180 g/mol. The van der Waals surface area contributed by atoms with Crippen molar-refractivity contribution in [2.75, 3.05) is 14.3 Å². The number of hydrogen-bond donors (Lipinski definition) is 1. The minimum atomic E-state index is -2.25. The number of Topliss-reactive ketones (excluding diaryl/α,β-unsaturated/α-hetero) is 2. The third kappa shape index (κ3) is 17.1. The van der Waals surface area contributed by atoms with Crippen molar-refractivity contribution in [3.63, 3.8) is 0 Å². The maximum atomic E-state index is 14.4. The molecule has 13 heteroatoms. The van der Waals surface area contributed by atoms with Gasteiger partial charge in [0.2, 0.25) is 11.6 Å². The van der Waals surface area contributed by atoms with Gasteiger partial charge in [-0.1, -0.05) is 210 Å². The average Bonchev–Trinajstić information content (AvgIpc) is 1.30. The van der Waals surface area contributed by atoms with Crippen molar-refractivity contribution in [1.82, 2.24) is 0 Å². The first-order chi connectivity index (χ1) is 42.9. The molecule has 0 amide bonds. The van der Waals surface area contributed by atoms with Crippen LogP contribution in [-0.4, -0.2) is 79.1 Å². The SMILES string of the molecule is CC[C@H]1O[C@@](O)(C(=O)c2ccc(OCc3ccccc3)cc2)[C@H](OCc2ccccc2)[C@@H](OCc2ccccc2)[C@@H]1C.CC[C@H]1O[C@@](OC)(C(=O)c2ccc(OCc3ccccc3)cc2)[C@H](OCc2ccccc2)[C@@H](OCc2ccccc2)[C@@H]1C.[2H]CF. The fraction of sp³-hybridized carbons (Fsp3) is 0.324. The standard InChI is InChI=1S/C37H40O6.C36H38O6.CH3F/c1-4-33-27(2)34(41-25-29-16-10-6-11-17-29)36(42-26-30-18-12-7-13-19-30)37(39-3,43-33)35(38)31-20-22-32(23-21-31)40-24-28-14-8-5-9-15-28;1-3-32-26(2)33(40-24-28-15-9-5-10-16-28)35(41-25-29-17-11-6-12-18-29)36(38,42-32)34(37)30-19-21-31(22-20-30)39-23-27-13-7-4-8-14-27;1-2/h5-23,27,33-34,36H,4,24-26H2,1-3H3;4-22,26,32-33,35,38H,3,23-25H2,1-2H3;1H3/t27-,33-,34+,36-,37+;26-,32-,33+,35-,36+;/m11./s1/i;;1D. The molecule has 0 saturated carbocycles. The number of benzene rings is 8. The molecule has 10 rings (SSSR count). The van der Waals surface area contributed by atoms with Gasteiger partial charge >= 0.3 is 0 Å². The highest BCUT2D eigenvalue weighted by Crippen LogP contribution is 2.43. The van der Waals surface area contributed by atoms with Crippen molar-refractivity contribution in [1.29, 1.82) is 0 Å². The molecule has 8 aromatic carbocycles. The summed E-state index contributed by atoms with van der Waals surface area (Å²) >= 11 is 0. The molecule has 2 fully saturated rings. The van der Waals surface area contributed by atoms with Gasteiger partial charge in [-0.3, -0.25) is 14.0 Å². The Morgan fingerprint density at radius 3 is 1.09 bits per heavy atom. The number of hydrogen-bond acceptors (Lipinski definition) is 12. The van der Waals surface area contributed by atoms with E-state index in [4.69, 9.17) is 44.0 Å². The lowest BCUT2D eigenvalue weighted by molar-refractivity contribution is -0.334. The van der Waals surface area contributed by atoms with Crippen LogP contribution in [0.25, 0.3) is 0 Å². The molecule has 2 saturated heterocycles. The first-order valence-electron chi connectivity index (χ1n) is 30.4. The van der Waals surface area contributed by atoms with Gasteiger partial charge in [0.25, 0.3) is 11.6 Å². The highest BCUT2D eigenvalue weighted by Gasteiger charge is 2.60. The first kappa shape index (κ1) is 63.8. The lowest BCUT2D eigenvalue weighted by Crippen LogP contribution is -2.67. The second-order valence-corrected chi connectivity index (χ2v) is 21.6. The largest absolute Gasteiger partial charge is 0.489 e. The molecule has 2 aliphatic rings. The van der Waals surface area contributed by atoms with E-state index in [1.165, 1.54) is 7.11 Å². The van der Waals surface area contributed by atoms with Crippen molar-refractivity contribution in [2.24, 2.45) is 11.8 Å². The van der Waals surface area contributed by atoms with Crippen molar-refractivity contribution >= 4 is 11.6 Å². The number of methoxy groups -OCH3 is 1. The summed E-state index contributed by atoms with van der Waals surface area (Å²) in [4.78, 5) is 28.5. The number of ketones is 2. The molecule has 0 aliphatic carbocycles. The molecule has 10 atom stereocenters. The van der Waals surface area contributed by atoms with Crippen molar-refractivity contribution in [3.05, 3.63) is 275 Å². The Morgan fingerprint density at radius 1 is 0.448 bits per heavy atom. The van der Waals surface area contributed by atoms with E-state index in [2.05, 4.69) is 6.92 Å². The van der Waals surface area contributed by atoms with Gasteiger partial charge in [0.1, 0.15) is 36.9 Å². The van der Waals surface area contributed by atoms with E-state index in [0.717, 1.165) is 33.4 Å². The molecule has 0 aromatic heterocycles. The van der Waals surface area contributed by atoms with Gasteiger partial charge in [0, 0.05) is 30.1 Å². The molecule has 1 N–H and O–H groups in total. The highest BCUT2D eigenvalue weighted by molar-refractivity contribution is 6.03. The zero-order valence-electron chi connectivity index (χ0n) is 51.2. The van der Waals surface area contributed by atoms with Crippen LogP contribution in [0, 0.1) is 11.8 Å². The van der Waals surface area contributed by atoms with Gasteiger partial charge in [0.05, 0.1) is 59.4 Å². The third-order valence-electron chi connectivity index (χ3n) is 15.8. The van der Waals surface area contributed by atoms with Crippen LogP contribution in [-0.2, 0) is 72.8 Å². The van der Waals surface area contributed by atoms with Gasteiger partial charge in [-0.05, 0) is 94.8 Å². The quantitative estimate of drug-likeness (QED) is 0.0545. The van der Waals surface area contributed by atoms with Crippen molar-refractivity contribution < 1.29 is 63.1 Å². The molecule has 2 heterocycles. The number of halogens is 1. The summed E-state index contributed by atoms with van der Waals surface area (Å²) in [5, 5.41) is 12.1. The van der Waals surface area contributed by atoms with Crippen LogP contribution in [0.4, 0.5) is 4.39 Å². The fourth-order valence-electron chi connectivity index (χ4n) is 11.0. The summed E-state index contributed by atoms with van der Waals surface area (Å²) in [6, 6.07) is 73.0. The maximum absolute atomic E-state index is 14.4. The minimum absolute atomic E-state index is 0.0562. The van der Waals surface area contributed by atoms with Crippen LogP contribution >= 0.6 is 0 Å². The van der Waals surface area contributed by atoms with Gasteiger partial charge in [0.15, 0.2) is 0 Å². The van der Waals surface area contributed by atoms with Crippen LogP contribution in [0.1, 0.15) is 96.0 Å². The fourth-order valence-corrected chi connectivity index (χ4v) is 11.0. The molecule has 87 heavy (non-hydrogen) atoms.